The van der Waals surface area contributed by atoms with Crippen molar-refractivity contribution in [1.29, 1.82) is 0 Å². The average molecular weight is 445 g/mol. The molecule has 1 saturated heterocycles. The minimum absolute atomic E-state index is 0.0186. The zero-order valence-electron chi connectivity index (χ0n) is 17.1. The van der Waals surface area contributed by atoms with E-state index in [0.29, 0.717) is 37.2 Å². The minimum atomic E-state index is -3.63. The first kappa shape index (κ1) is 21.3. The van der Waals surface area contributed by atoms with Gasteiger partial charge in [0.1, 0.15) is 5.75 Å². The molecular weight excluding hydrogens is 422 g/mol. The average Bonchev–Trinajstić information content (AvgIpc) is 3.22. The zero-order valence-corrected chi connectivity index (χ0v) is 17.9. The van der Waals surface area contributed by atoms with Gasteiger partial charge >= 0.3 is 0 Å². The van der Waals surface area contributed by atoms with E-state index in [1.165, 1.54) is 35.7 Å². The highest BCUT2D eigenvalue weighted by Crippen LogP contribution is 2.34. The molecule has 4 rings (SSSR count). The molecule has 0 saturated carbocycles. The Labute approximate surface area is 180 Å². The van der Waals surface area contributed by atoms with E-state index in [0.717, 1.165) is 5.56 Å². The summed E-state index contributed by atoms with van der Waals surface area (Å²) in [4.78, 5) is 25.5. The third-order valence-corrected chi connectivity index (χ3v) is 7.85. The number of amides is 1. The van der Waals surface area contributed by atoms with Gasteiger partial charge in [-0.3, -0.25) is 14.9 Å². The first-order chi connectivity index (χ1) is 14.8. The van der Waals surface area contributed by atoms with Crippen LogP contribution in [-0.2, 0) is 21.2 Å². The lowest BCUT2D eigenvalue weighted by molar-refractivity contribution is -0.384. The lowest BCUT2D eigenvalue weighted by Gasteiger charge is -2.32. The number of methoxy groups -OCH3 is 1. The summed E-state index contributed by atoms with van der Waals surface area (Å²) >= 11 is 0. The van der Waals surface area contributed by atoms with Crippen LogP contribution in [-0.4, -0.2) is 50.3 Å². The monoisotopic (exact) mass is 445 g/mol. The second kappa shape index (κ2) is 8.27. The fourth-order valence-electron chi connectivity index (χ4n) is 4.19. The van der Waals surface area contributed by atoms with E-state index >= 15 is 0 Å². The molecule has 0 aliphatic carbocycles. The normalized spacial score (nSPS) is 17.4. The summed E-state index contributed by atoms with van der Waals surface area (Å²) in [5, 5.41) is 11.0. The molecule has 9 nitrogen and oxygen atoms in total. The van der Waals surface area contributed by atoms with E-state index in [9.17, 15) is 23.3 Å². The Morgan fingerprint density at radius 2 is 1.77 bits per heavy atom. The highest BCUT2D eigenvalue weighted by atomic mass is 32.2. The first-order valence-corrected chi connectivity index (χ1v) is 11.5. The first-order valence-electron chi connectivity index (χ1n) is 10.0. The fraction of sp³-hybridized carbons (Fsp3) is 0.381. The highest BCUT2D eigenvalue weighted by molar-refractivity contribution is 7.89. The van der Waals surface area contributed by atoms with Crippen LogP contribution in [0, 0.1) is 16.0 Å². The fourth-order valence-corrected chi connectivity index (χ4v) is 5.66. The summed E-state index contributed by atoms with van der Waals surface area (Å²) in [5.41, 5.74) is 1.52. The summed E-state index contributed by atoms with van der Waals surface area (Å²) in [6, 6.07) is 10.8. The molecule has 2 aromatic carbocycles. The number of piperidine rings is 1. The van der Waals surface area contributed by atoms with E-state index in [-0.39, 0.29) is 35.5 Å². The van der Waals surface area contributed by atoms with Crippen molar-refractivity contribution in [3.8, 4) is 5.75 Å². The smallest absolute Gasteiger partial charge is 0.269 e. The SMILES string of the molecule is COc1ccc(S(=O)(=O)N2CCC(C(=O)N3CCc4cc([N+](=O)[O-])ccc43)CC2)cc1. The van der Waals surface area contributed by atoms with Crippen molar-refractivity contribution in [2.45, 2.75) is 24.2 Å². The maximum absolute atomic E-state index is 13.1. The van der Waals surface area contributed by atoms with Gasteiger partial charge in [0.2, 0.25) is 15.9 Å². The molecule has 2 heterocycles. The number of rotatable bonds is 5. The summed E-state index contributed by atoms with van der Waals surface area (Å²) in [6.07, 6.45) is 1.45. The van der Waals surface area contributed by atoms with Crippen LogP contribution in [0.4, 0.5) is 11.4 Å². The molecule has 0 bridgehead atoms. The van der Waals surface area contributed by atoms with Gasteiger partial charge in [-0.2, -0.15) is 4.31 Å². The third-order valence-electron chi connectivity index (χ3n) is 5.94. The van der Waals surface area contributed by atoms with Gasteiger partial charge in [-0.05, 0) is 55.2 Å². The molecule has 2 aromatic rings. The number of hydrogen-bond acceptors (Lipinski definition) is 6. The predicted molar refractivity (Wildman–Crippen MR) is 114 cm³/mol. The molecule has 0 spiro atoms. The molecule has 10 heteroatoms. The number of nitro benzene ring substituents is 1. The second-order valence-corrected chi connectivity index (χ2v) is 9.60. The molecule has 0 N–H and O–H groups in total. The van der Waals surface area contributed by atoms with E-state index in [1.807, 2.05) is 0 Å². The molecule has 2 aliphatic rings. The van der Waals surface area contributed by atoms with Crippen LogP contribution in [0.15, 0.2) is 47.4 Å². The van der Waals surface area contributed by atoms with Gasteiger partial charge in [-0.25, -0.2) is 8.42 Å². The molecule has 31 heavy (non-hydrogen) atoms. The predicted octanol–water partition coefficient (Wildman–Crippen LogP) is 2.59. The Bertz CT molecular complexity index is 1110. The van der Waals surface area contributed by atoms with Crippen molar-refractivity contribution < 1.29 is 22.9 Å². The number of nitro groups is 1. The van der Waals surface area contributed by atoms with Crippen LogP contribution in [0.3, 0.4) is 0 Å². The Hall–Kier alpha value is -2.98. The number of carbonyl (C=O) groups excluding carboxylic acids is 1. The topological polar surface area (TPSA) is 110 Å². The number of anilines is 1. The largest absolute Gasteiger partial charge is 0.497 e. The minimum Gasteiger partial charge on any atom is -0.497 e. The number of benzene rings is 2. The maximum atomic E-state index is 13.1. The van der Waals surface area contributed by atoms with Crippen LogP contribution < -0.4 is 9.64 Å². The zero-order chi connectivity index (χ0) is 22.2. The lowest BCUT2D eigenvalue weighted by atomic mass is 9.96. The Morgan fingerprint density at radius 3 is 2.39 bits per heavy atom. The molecule has 1 fully saturated rings. The molecule has 0 atom stereocenters. The maximum Gasteiger partial charge on any atom is 0.269 e. The van der Waals surface area contributed by atoms with Crippen molar-refractivity contribution in [2.24, 2.45) is 5.92 Å². The van der Waals surface area contributed by atoms with Crippen molar-refractivity contribution in [2.75, 3.05) is 31.6 Å². The summed E-state index contributed by atoms with van der Waals surface area (Å²) < 4.78 is 32.3. The number of hydrogen-bond donors (Lipinski definition) is 0. The standard InChI is InChI=1S/C21H23N3O6S/c1-30-18-3-5-19(6-4-18)31(28,29)22-11-8-15(9-12-22)21(25)23-13-10-16-14-17(24(26)27)2-7-20(16)23/h2-7,14-15H,8-13H2,1H3. The Balaban J connectivity index is 1.42. The Kier molecular flexibility index (Phi) is 5.67. The van der Waals surface area contributed by atoms with Crippen molar-refractivity contribution in [1.82, 2.24) is 4.31 Å². The van der Waals surface area contributed by atoms with Gasteiger partial charge in [0.25, 0.3) is 5.69 Å². The Morgan fingerprint density at radius 1 is 1.10 bits per heavy atom. The summed E-state index contributed by atoms with van der Waals surface area (Å²) in [5.74, 6) is 0.261. The van der Waals surface area contributed by atoms with Gasteiger partial charge in [0.05, 0.1) is 16.9 Å². The van der Waals surface area contributed by atoms with Gasteiger partial charge in [0.15, 0.2) is 0 Å². The van der Waals surface area contributed by atoms with Gasteiger partial charge in [-0.1, -0.05) is 0 Å². The van der Waals surface area contributed by atoms with Crippen molar-refractivity contribution in [3.63, 3.8) is 0 Å². The molecule has 2 aliphatic heterocycles. The number of non-ortho nitro benzene ring substituents is 1. The second-order valence-electron chi connectivity index (χ2n) is 7.66. The van der Waals surface area contributed by atoms with Crippen LogP contribution in [0.2, 0.25) is 0 Å². The van der Waals surface area contributed by atoms with Crippen molar-refractivity contribution >= 4 is 27.3 Å². The van der Waals surface area contributed by atoms with Crippen LogP contribution in [0.25, 0.3) is 0 Å². The number of nitrogens with zero attached hydrogens (tertiary/aromatic N) is 3. The molecule has 0 radical (unpaired) electrons. The van der Waals surface area contributed by atoms with E-state index in [4.69, 9.17) is 4.74 Å². The number of ether oxygens (including phenoxy) is 1. The van der Waals surface area contributed by atoms with Crippen LogP contribution in [0.1, 0.15) is 18.4 Å². The van der Waals surface area contributed by atoms with E-state index in [2.05, 4.69) is 0 Å². The summed E-state index contributed by atoms with van der Waals surface area (Å²) in [7, 11) is -2.11. The van der Waals surface area contributed by atoms with Gasteiger partial charge in [0, 0.05) is 43.4 Å². The van der Waals surface area contributed by atoms with Crippen LogP contribution >= 0.6 is 0 Å². The van der Waals surface area contributed by atoms with Crippen LogP contribution in [0.5, 0.6) is 5.75 Å². The number of sulfonamides is 1. The molecule has 1 amide bonds. The quantitative estimate of drug-likeness (QED) is 0.517. The summed E-state index contributed by atoms with van der Waals surface area (Å²) in [6.45, 7) is 1.02. The third kappa shape index (κ3) is 4.00. The molecule has 0 unspecified atom stereocenters. The molecular formula is C21H23N3O6S. The molecule has 0 aromatic heterocycles. The number of carbonyl (C=O) groups is 1. The van der Waals surface area contributed by atoms with E-state index in [1.54, 1.807) is 23.1 Å². The number of fused-ring (bicyclic) bond motifs is 1. The highest BCUT2D eigenvalue weighted by Gasteiger charge is 2.36. The van der Waals surface area contributed by atoms with Gasteiger partial charge < -0.3 is 9.64 Å². The molecule has 164 valence electrons. The van der Waals surface area contributed by atoms with Gasteiger partial charge in [-0.15, -0.1) is 0 Å². The van der Waals surface area contributed by atoms with Crippen molar-refractivity contribution in [3.05, 3.63) is 58.1 Å². The lowest BCUT2D eigenvalue weighted by Crippen LogP contribution is -2.44. The van der Waals surface area contributed by atoms with E-state index < -0.39 is 14.9 Å².